The van der Waals surface area contributed by atoms with E-state index in [0.717, 1.165) is 18.5 Å². The fourth-order valence-corrected chi connectivity index (χ4v) is 3.08. The molecule has 1 N–H and O–H groups in total. The van der Waals surface area contributed by atoms with Gasteiger partial charge in [-0.3, -0.25) is 4.98 Å². The van der Waals surface area contributed by atoms with Crippen molar-refractivity contribution in [3.63, 3.8) is 0 Å². The highest BCUT2D eigenvalue weighted by atomic mass is 35.5. The number of nitrogens with zero attached hydrogens (tertiary/aromatic N) is 1. The molecule has 6 heteroatoms. The molecule has 0 saturated carbocycles. The average molecular weight is 305 g/mol. The molecule has 1 rings (SSSR count). The Morgan fingerprint density at radius 2 is 2.16 bits per heavy atom. The third-order valence-corrected chi connectivity index (χ3v) is 5.12. The van der Waals surface area contributed by atoms with Crippen molar-refractivity contribution in [2.45, 2.75) is 32.7 Å². The zero-order chi connectivity index (χ0) is 14.3. The molecule has 0 saturated heterocycles. The highest BCUT2D eigenvalue weighted by Crippen LogP contribution is 2.25. The van der Waals surface area contributed by atoms with Gasteiger partial charge in [-0.25, -0.2) is 8.42 Å². The number of pyridine rings is 1. The van der Waals surface area contributed by atoms with Crippen LogP contribution in [0, 0.1) is 0 Å². The number of sulfone groups is 1. The first-order valence-electron chi connectivity index (χ1n) is 6.53. The highest BCUT2D eigenvalue weighted by molar-refractivity contribution is 7.91. The van der Waals surface area contributed by atoms with Crippen LogP contribution in [-0.4, -0.2) is 31.5 Å². The molecule has 4 nitrogen and oxygen atoms in total. The predicted octanol–water partition coefficient (Wildman–Crippen LogP) is 2.60. The number of hydrogen-bond acceptors (Lipinski definition) is 4. The second-order valence-corrected chi connectivity index (χ2v) is 7.27. The minimum absolute atomic E-state index is 0.0764. The van der Waals surface area contributed by atoms with Crippen molar-refractivity contribution in [1.29, 1.82) is 0 Å². The van der Waals surface area contributed by atoms with Crippen molar-refractivity contribution in [2.24, 2.45) is 0 Å². The van der Waals surface area contributed by atoms with Crippen LogP contribution in [0.2, 0.25) is 5.02 Å². The predicted molar refractivity (Wildman–Crippen MR) is 79.2 cm³/mol. The molecule has 0 aliphatic carbocycles. The van der Waals surface area contributed by atoms with E-state index in [1.807, 2.05) is 13.0 Å². The molecule has 0 amide bonds. The Morgan fingerprint density at radius 1 is 1.42 bits per heavy atom. The Bertz CT molecular complexity index is 491. The van der Waals surface area contributed by atoms with Crippen LogP contribution in [0.3, 0.4) is 0 Å². The number of rotatable bonds is 8. The Morgan fingerprint density at radius 3 is 2.74 bits per heavy atom. The van der Waals surface area contributed by atoms with Crippen LogP contribution in [0.4, 0.5) is 0 Å². The zero-order valence-corrected chi connectivity index (χ0v) is 13.0. The van der Waals surface area contributed by atoms with E-state index in [1.54, 1.807) is 19.3 Å². The second kappa shape index (κ2) is 7.82. The Balaban J connectivity index is 2.67. The van der Waals surface area contributed by atoms with E-state index in [9.17, 15) is 8.42 Å². The van der Waals surface area contributed by atoms with E-state index in [0.29, 0.717) is 11.4 Å². The van der Waals surface area contributed by atoms with E-state index in [2.05, 4.69) is 10.3 Å². The summed E-state index contributed by atoms with van der Waals surface area (Å²) in [7, 11) is -2.90. The first kappa shape index (κ1) is 16.4. The summed E-state index contributed by atoms with van der Waals surface area (Å²) in [5.41, 5.74) is 0.979. The Labute approximate surface area is 120 Å². The van der Waals surface area contributed by atoms with E-state index in [-0.39, 0.29) is 17.5 Å². The van der Waals surface area contributed by atoms with E-state index in [4.69, 9.17) is 11.6 Å². The second-order valence-electron chi connectivity index (χ2n) is 4.39. The number of hydrogen-bond donors (Lipinski definition) is 1. The lowest BCUT2D eigenvalue weighted by Gasteiger charge is -2.19. The Kier molecular flexibility index (Phi) is 6.75. The number of halogens is 1. The minimum atomic E-state index is -2.90. The van der Waals surface area contributed by atoms with Gasteiger partial charge in [-0.2, -0.15) is 0 Å². The summed E-state index contributed by atoms with van der Waals surface area (Å²) in [5.74, 6) is 0.434. The van der Waals surface area contributed by atoms with Crippen molar-refractivity contribution in [3.8, 4) is 0 Å². The standard InChI is InChI=1S/C13H21ClN2O2S/c1-3-16-13(6-5-9-19(17,18)4-2)11-7-8-15-10-12(11)14/h7-8,10,13,16H,3-6,9H2,1-2H3. The van der Waals surface area contributed by atoms with Crippen LogP contribution >= 0.6 is 11.6 Å². The maximum Gasteiger partial charge on any atom is 0.150 e. The summed E-state index contributed by atoms with van der Waals surface area (Å²) in [4.78, 5) is 3.96. The molecule has 1 aromatic heterocycles. The minimum Gasteiger partial charge on any atom is -0.310 e. The van der Waals surface area contributed by atoms with Crippen LogP contribution in [0.25, 0.3) is 0 Å². The van der Waals surface area contributed by atoms with Crippen LogP contribution in [0.1, 0.15) is 38.3 Å². The molecule has 0 aliphatic rings. The molecular weight excluding hydrogens is 284 g/mol. The molecule has 0 radical (unpaired) electrons. The lowest BCUT2D eigenvalue weighted by molar-refractivity contribution is 0.506. The van der Waals surface area contributed by atoms with Gasteiger partial charge in [0.25, 0.3) is 0 Å². The quantitative estimate of drug-likeness (QED) is 0.802. The van der Waals surface area contributed by atoms with Crippen molar-refractivity contribution >= 4 is 21.4 Å². The summed E-state index contributed by atoms with van der Waals surface area (Å²) in [5, 5.41) is 3.95. The fraction of sp³-hybridized carbons (Fsp3) is 0.615. The monoisotopic (exact) mass is 304 g/mol. The van der Waals surface area contributed by atoms with Gasteiger partial charge in [-0.1, -0.05) is 25.4 Å². The average Bonchev–Trinajstić information content (AvgIpc) is 2.38. The van der Waals surface area contributed by atoms with E-state index < -0.39 is 9.84 Å². The van der Waals surface area contributed by atoms with Gasteiger partial charge >= 0.3 is 0 Å². The largest absolute Gasteiger partial charge is 0.310 e. The summed E-state index contributed by atoms with van der Waals surface area (Å²) >= 11 is 6.13. The molecular formula is C13H21ClN2O2S. The molecule has 19 heavy (non-hydrogen) atoms. The summed E-state index contributed by atoms with van der Waals surface area (Å²) in [6.45, 7) is 4.51. The molecule has 0 aliphatic heterocycles. The maximum absolute atomic E-state index is 11.5. The van der Waals surface area contributed by atoms with Crippen molar-refractivity contribution < 1.29 is 8.42 Å². The smallest absolute Gasteiger partial charge is 0.150 e. The van der Waals surface area contributed by atoms with E-state index >= 15 is 0 Å². The number of aromatic nitrogens is 1. The van der Waals surface area contributed by atoms with Gasteiger partial charge in [0, 0.05) is 24.2 Å². The van der Waals surface area contributed by atoms with Crippen molar-refractivity contribution in [2.75, 3.05) is 18.1 Å². The summed E-state index contributed by atoms with van der Waals surface area (Å²) < 4.78 is 23.0. The SMILES string of the molecule is CCNC(CCCS(=O)(=O)CC)c1ccncc1Cl. The molecule has 1 aromatic rings. The van der Waals surface area contributed by atoms with Gasteiger partial charge < -0.3 is 5.32 Å². The third-order valence-electron chi connectivity index (χ3n) is 3.02. The third kappa shape index (κ3) is 5.47. The molecule has 0 fully saturated rings. The Hall–Kier alpha value is -0.650. The molecule has 0 bridgehead atoms. The van der Waals surface area contributed by atoms with E-state index in [1.165, 1.54) is 0 Å². The van der Waals surface area contributed by atoms with Gasteiger partial charge in [-0.05, 0) is 31.0 Å². The molecule has 108 valence electrons. The van der Waals surface area contributed by atoms with Gasteiger partial charge in [0.05, 0.1) is 10.8 Å². The highest BCUT2D eigenvalue weighted by Gasteiger charge is 2.15. The van der Waals surface area contributed by atoms with Crippen LogP contribution < -0.4 is 5.32 Å². The first-order chi connectivity index (χ1) is 9.00. The van der Waals surface area contributed by atoms with Crippen molar-refractivity contribution in [1.82, 2.24) is 10.3 Å². The van der Waals surface area contributed by atoms with Gasteiger partial charge in [0.2, 0.25) is 0 Å². The lowest BCUT2D eigenvalue weighted by Crippen LogP contribution is -2.22. The van der Waals surface area contributed by atoms with Crippen LogP contribution in [0.5, 0.6) is 0 Å². The molecule has 0 aromatic carbocycles. The zero-order valence-electron chi connectivity index (χ0n) is 11.4. The normalized spacial score (nSPS) is 13.4. The summed E-state index contributed by atoms with van der Waals surface area (Å²) in [6, 6.07) is 1.96. The fourth-order valence-electron chi connectivity index (χ4n) is 1.93. The summed E-state index contributed by atoms with van der Waals surface area (Å²) in [6.07, 6.45) is 4.70. The number of nitrogens with one attached hydrogen (secondary N) is 1. The van der Waals surface area contributed by atoms with Crippen LogP contribution in [0.15, 0.2) is 18.5 Å². The lowest BCUT2D eigenvalue weighted by atomic mass is 10.0. The first-order valence-corrected chi connectivity index (χ1v) is 8.73. The van der Waals surface area contributed by atoms with Gasteiger partial charge in [-0.15, -0.1) is 0 Å². The van der Waals surface area contributed by atoms with Gasteiger partial charge in [0.1, 0.15) is 9.84 Å². The molecule has 1 unspecified atom stereocenters. The topological polar surface area (TPSA) is 59.1 Å². The van der Waals surface area contributed by atoms with Gasteiger partial charge in [0.15, 0.2) is 0 Å². The molecule has 1 heterocycles. The van der Waals surface area contributed by atoms with Crippen molar-refractivity contribution in [3.05, 3.63) is 29.0 Å². The molecule has 0 spiro atoms. The maximum atomic E-state index is 11.5. The van der Waals surface area contributed by atoms with Crippen LogP contribution in [-0.2, 0) is 9.84 Å². The molecule has 1 atom stereocenters.